The van der Waals surface area contributed by atoms with Gasteiger partial charge in [0.1, 0.15) is 24.1 Å². The minimum atomic E-state index is -1.88. The molecule has 4 N–H and O–H groups in total. The molecule has 0 spiro atoms. The fraction of sp³-hybridized carbons (Fsp3) is 0.385. The maximum absolute atomic E-state index is 12.8. The summed E-state index contributed by atoms with van der Waals surface area (Å²) in [5.41, 5.74) is -0.0651. The summed E-state index contributed by atoms with van der Waals surface area (Å²) in [6.45, 7) is 0. The van der Waals surface area contributed by atoms with Crippen molar-refractivity contribution in [3.05, 3.63) is 35.6 Å². The molecule has 0 aliphatic carbocycles. The third kappa shape index (κ3) is 3.22. The molecule has 1 heterocycles. The van der Waals surface area contributed by atoms with Gasteiger partial charge < -0.3 is 29.9 Å². The van der Waals surface area contributed by atoms with E-state index in [-0.39, 0.29) is 5.56 Å². The molecule has 0 bridgehead atoms. The number of hydrogen-bond acceptors (Lipinski definition) is 7. The van der Waals surface area contributed by atoms with Crippen LogP contribution in [0.2, 0.25) is 0 Å². The summed E-state index contributed by atoms with van der Waals surface area (Å²) in [4.78, 5) is 22.7. The second kappa shape index (κ2) is 6.36. The second-order valence-corrected chi connectivity index (χ2v) is 4.65. The van der Waals surface area contributed by atoms with Crippen LogP contribution >= 0.6 is 0 Å². The molecule has 2 rings (SSSR count). The number of ether oxygens (including phenoxy) is 2. The molecular formula is C13H13FO8. The Balaban J connectivity index is 2.12. The van der Waals surface area contributed by atoms with Gasteiger partial charge in [0.25, 0.3) is 0 Å². The summed E-state index contributed by atoms with van der Waals surface area (Å²) in [5.74, 6) is -3.19. The van der Waals surface area contributed by atoms with E-state index in [2.05, 4.69) is 0 Å². The maximum Gasteiger partial charge on any atom is 0.340 e. The van der Waals surface area contributed by atoms with Crippen LogP contribution in [0.4, 0.5) is 4.39 Å². The second-order valence-electron chi connectivity index (χ2n) is 4.65. The molecule has 1 fully saturated rings. The average Bonchev–Trinajstić information content (AvgIpc) is 2.48. The Morgan fingerprint density at radius 3 is 2.18 bits per heavy atom. The van der Waals surface area contributed by atoms with Crippen LogP contribution in [0.3, 0.4) is 0 Å². The topological polar surface area (TPSA) is 134 Å². The lowest BCUT2D eigenvalue weighted by molar-refractivity contribution is -0.278. The average molecular weight is 316 g/mol. The van der Waals surface area contributed by atoms with Crippen LogP contribution in [0.1, 0.15) is 10.4 Å². The molecule has 8 nitrogen and oxygen atoms in total. The van der Waals surface area contributed by atoms with Crippen molar-refractivity contribution in [3.63, 3.8) is 0 Å². The van der Waals surface area contributed by atoms with Gasteiger partial charge in [0.15, 0.2) is 6.10 Å². The first-order chi connectivity index (χ1) is 10.3. The Hall–Kier alpha value is -2.07. The van der Waals surface area contributed by atoms with E-state index in [1.165, 1.54) is 0 Å². The molecule has 0 saturated carbocycles. The molecule has 5 atom stereocenters. The van der Waals surface area contributed by atoms with Gasteiger partial charge in [-0.1, -0.05) is 0 Å². The number of aliphatic hydroxyl groups excluding tert-OH is 3. The van der Waals surface area contributed by atoms with Gasteiger partial charge in [-0.2, -0.15) is 0 Å². The first-order valence-corrected chi connectivity index (χ1v) is 6.20. The van der Waals surface area contributed by atoms with Gasteiger partial charge in [-0.3, -0.25) is 0 Å². The highest BCUT2D eigenvalue weighted by atomic mass is 19.1. The minimum Gasteiger partial charge on any atom is -0.479 e. The molecule has 0 aromatic heterocycles. The highest BCUT2D eigenvalue weighted by Crippen LogP contribution is 2.23. The first kappa shape index (κ1) is 16.3. The number of halogens is 1. The van der Waals surface area contributed by atoms with Gasteiger partial charge >= 0.3 is 11.9 Å². The lowest BCUT2D eigenvalue weighted by Gasteiger charge is -2.37. The van der Waals surface area contributed by atoms with E-state index in [0.29, 0.717) is 0 Å². The van der Waals surface area contributed by atoms with Crippen LogP contribution in [-0.4, -0.2) is 63.1 Å². The summed E-state index contributed by atoms with van der Waals surface area (Å²) in [5, 5.41) is 37.6. The molecule has 120 valence electrons. The number of aliphatic hydroxyl groups is 3. The molecule has 0 unspecified atom stereocenters. The van der Waals surface area contributed by atoms with Crippen LogP contribution in [-0.2, 0) is 14.3 Å². The number of carbonyl (C=O) groups excluding carboxylic acids is 1. The van der Waals surface area contributed by atoms with Crippen molar-refractivity contribution in [2.24, 2.45) is 0 Å². The zero-order chi connectivity index (χ0) is 16.4. The van der Waals surface area contributed by atoms with E-state index in [9.17, 15) is 29.3 Å². The van der Waals surface area contributed by atoms with Crippen LogP contribution in [0.25, 0.3) is 0 Å². The number of rotatable bonds is 3. The van der Waals surface area contributed by atoms with Crippen molar-refractivity contribution in [2.45, 2.75) is 30.7 Å². The highest BCUT2D eigenvalue weighted by Gasteiger charge is 2.48. The summed E-state index contributed by atoms with van der Waals surface area (Å²) in [6, 6.07) is 4.25. The lowest BCUT2D eigenvalue weighted by atomic mass is 9.99. The number of hydrogen-bond donors (Lipinski definition) is 4. The van der Waals surface area contributed by atoms with Gasteiger partial charge in [-0.15, -0.1) is 0 Å². The molecule has 1 aromatic carbocycles. The number of carboxylic acid groups (broad SMARTS) is 1. The van der Waals surface area contributed by atoms with Crippen LogP contribution in [0.15, 0.2) is 24.3 Å². The summed E-state index contributed by atoms with van der Waals surface area (Å²) in [7, 11) is 0. The minimum absolute atomic E-state index is 0.0651. The lowest BCUT2D eigenvalue weighted by Crippen LogP contribution is -2.60. The van der Waals surface area contributed by atoms with E-state index in [4.69, 9.17) is 14.6 Å². The SMILES string of the molecule is O=C(O[C@@H]1O[C@H](C(=O)O)[C@@H](O)[C@H](O)[C@H]1O)c1ccc(F)cc1. The molecule has 0 radical (unpaired) electrons. The number of benzene rings is 1. The zero-order valence-electron chi connectivity index (χ0n) is 11.0. The molecule has 1 aliphatic heterocycles. The molecular weight excluding hydrogens is 303 g/mol. The van der Waals surface area contributed by atoms with Crippen molar-refractivity contribution < 1.29 is 43.9 Å². The van der Waals surface area contributed by atoms with Crippen molar-refractivity contribution >= 4 is 11.9 Å². The number of esters is 1. The number of carboxylic acids is 1. The summed E-state index contributed by atoms with van der Waals surface area (Å²) < 4.78 is 22.3. The van der Waals surface area contributed by atoms with Gasteiger partial charge in [-0.05, 0) is 24.3 Å². The van der Waals surface area contributed by atoms with Crippen molar-refractivity contribution in [1.29, 1.82) is 0 Å². The Labute approximate surface area is 123 Å². The maximum atomic E-state index is 12.8. The van der Waals surface area contributed by atoms with Gasteiger partial charge in [0.05, 0.1) is 5.56 Å². The predicted octanol–water partition coefficient (Wildman–Crippen LogP) is -1.13. The third-order valence-corrected chi connectivity index (χ3v) is 3.12. The normalized spacial score (nSPS) is 31.5. The zero-order valence-corrected chi connectivity index (χ0v) is 11.0. The van der Waals surface area contributed by atoms with Crippen molar-refractivity contribution in [1.82, 2.24) is 0 Å². The molecule has 1 aliphatic rings. The summed E-state index contributed by atoms with van der Waals surface area (Å²) >= 11 is 0. The highest BCUT2D eigenvalue weighted by molar-refractivity contribution is 5.89. The van der Waals surface area contributed by atoms with Crippen LogP contribution < -0.4 is 0 Å². The molecule has 1 saturated heterocycles. The Morgan fingerprint density at radius 2 is 1.64 bits per heavy atom. The fourth-order valence-electron chi connectivity index (χ4n) is 1.91. The van der Waals surface area contributed by atoms with E-state index in [0.717, 1.165) is 24.3 Å². The predicted molar refractivity (Wildman–Crippen MR) is 66.1 cm³/mol. The Morgan fingerprint density at radius 1 is 1.05 bits per heavy atom. The standard InChI is InChI=1S/C13H13FO8/c14-6-3-1-5(2-4-6)12(20)22-13-9(17)7(15)8(16)10(21-13)11(18)19/h1-4,7-10,13,15-17H,(H,18,19)/t7-,8-,9+,10-,13-/m0/s1. The van der Waals surface area contributed by atoms with Crippen LogP contribution in [0, 0.1) is 5.82 Å². The van der Waals surface area contributed by atoms with Crippen LogP contribution in [0.5, 0.6) is 0 Å². The monoisotopic (exact) mass is 316 g/mol. The molecule has 1 aromatic rings. The number of carbonyl (C=O) groups is 2. The van der Waals surface area contributed by atoms with Gasteiger partial charge in [-0.25, -0.2) is 14.0 Å². The molecule has 22 heavy (non-hydrogen) atoms. The fourth-order valence-corrected chi connectivity index (χ4v) is 1.91. The van der Waals surface area contributed by atoms with Gasteiger partial charge in [0.2, 0.25) is 6.29 Å². The van der Waals surface area contributed by atoms with E-state index >= 15 is 0 Å². The smallest absolute Gasteiger partial charge is 0.340 e. The third-order valence-electron chi connectivity index (χ3n) is 3.12. The van der Waals surface area contributed by atoms with Crippen molar-refractivity contribution in [3.8, 4) is 0 Å². The van der Waals surface area contributed by atoms with E-state index < -0.39 is 48.5 Å². The molecule has 9 heteroatoms. The van der Waals surface area contributed by atoms with E-state index in [1.807, 2.05) is 0 Å². The van der Waals surface area contributed by atoms with Crippen molar-refractivity contribution in [2.75, 3.05) is 0 Å². The first-order valence-electron chi connectivity index (χ1n) is 6.20. The number of aliphatic carboxylic acids is 1. The largest absolute Gasteiger partial charge is 0.479 e. The molecule has 0 amide bonds. The van der Waals surface area contributed by atoms with Gasteiger partial charge in [0, 0.05) is 0 Å². The summed E-state index contributed by atoms with van der Waals surface area (Å²) in [6.07, 6.45) is -9.26. The Kier molecular flexibility index (Phi) is 4.71. The quantitative estimate of drug-likeness (QED) is 0.515. The van der Waals surface area contributed by atoms with E-state index in [1.54, 1.807) is 0 Å². The Bertz CT molecular complexity index is 560.